The van der Waals surface area contributed by atoms with Crippen molar-refractivity contribution in [2.45, 2.75) is 122 Å². The summed E-state index contributed by atoms with van der Waals surface area (Å²) in [6.45, 7) is 5.48. The summed E-state index contributed by atoms with van der Waals surface area (Å²) in [5.74, 6) is 3.99. The van der Waals surface area contributed by atoms with E-state index in [0.717, 1.165) is 29.7 Å². The third-order valence-electron chi connectivity index (χ3n) is 9.20. The predicted octanol–water partition coefficient (Wildman–Crippen LogP) is 6.79. The quantitative estimate of drug-likeness (QED) is 0.481. The van der Waals surface area contributed by atoms with E-state index < -0.39 is 0 Å². The van der Waals surface area contributed by atoms with Gasteiger partial charge in [0.15, 0.2) is 0 Å². The maximum atomic E-state index is 4.17. The van der Waals surface area contributed by atoms with Crippen LogP contribution in [0.1, 0.15) is 116 Å². The van der Waals surface area contributed by atoms with Crippen LogP contribution in [-0.4, -0.2) is 37.1 Å². The normalized spacial score (nSPS) is 27.6. The average molecular weight is 403 g/mol. The van der Waals surface area contributed by atoms with E-state index in [9.17, 15) is 0 Å². The number of hydrogen-bond donors (Lipinski definition) is 1. The van der Waals surface area contributed by atoms with Crippen LogP contribution in [0, 0.1) is 23.7 Å². The van der Waals surface area contributed by atoms with Crippen molar-refractivity contribution in [1.82, 2.24) is 10.2 Å². The van der Waals surface area contributed by atoms with E-state index in [0.29, 0.717) is 0 Å². The second kappa shape index (κ2) is 12.1. The van der Waals surface area contributed by atoms with Crippen LogP contribution in [0.3, 0.4) is 0 Å². The monoisotopic (exact) mass is 402 g/mol. The average Bonchev–Trinajstić information content (AvgIpc) is 2.80. The van der Waals surface area contributed by atoms with Gasteiger partial charge in [0, 0.05) is 12.6 Å². The van der Waals surface area contributed by atoms with Crippen LogP contribution in [0.25, 0.3) is 0 Å². The summed E-state index contributed by atoms with van der Waals surface area (Å²) in [4.78, 5) is 2.81. The van der Waals surface area contributed by atoms with Crippen LogP contribution in [0.2, 0.25) is 0 Å². The molecule has 4 rings (SSSR count). The van der Waals surface area contributed by atoms with Gasteiger partial charge in [0.05, 0.1) is 0 Å². The number of hydrogen-bond acceptors (Lipinski definition) is 2. The highest BCUT2D eigenvalue weighted by Crippen LogP contribution is 2.36. The van der Waals surface area contributed by atoms with Crippen molar-refractivity contribution in [3.63, 3.8) is 0 Å². The maximum absolute atomic E-state index is 4.17. The Kier molecular flexibility index (Phi) is 9.22. The lowest BCUT2D eigenvalue weighted by atomic mass is 9.73. The van der Waals surface area contributed by atoms with Crippen molar-refractivity contribution in [3.8, 4) is 0 Å². The molecule has 0 bridgehead atoms. The zero-order valence-electron chi connectivity index (χ0n) is 19.4. The Bertz CT molecular complexity index is 406. The molecule has 3 saturated carbocycles. The summed E-state index contributed by atoms with van der Waals surface area (Å²) in [5, 5.41) is 4.17. The minimum Gasteiger partial charge on any atom is -0.313 e. The molecule has 1 heterocycles. The van der Waals surface area contributed by atoms with Gasteiger partial charge in [-0.05, 0) is 101 Å². The molecule has 0 spiro atoms. The molecule has 29 heavy (non-hydrogen) atoms. The van der Waals surface area contributed by atoms with Crippen molar-refractivity contribution >= 4 is 0 Å². The lowest BCUT2D eigenvalue weighted by Crippen LogP contribution is -2.45. The lowest BCUT2D eigenvalue weighted by Gasteiger charge is -2.39. The van der Waals surface area contributed by atoms with Crippen molar-refractivity contribution in [1.29, 1.82) is 0 Å². The zero-order chi connectivity index (χ0) is 19.7. The molecule has 0 aromatic heterocycles. The van der Waals surface area contributed by atoms with E-state index in [2.05, 4.69) is 10.2 Å². The highest BCUT2D eigenvalue weighted by Gasteiger charge is 2.31. The molecule has 168 valence electrons. The number of rotatable bonds is 8. The summed E-state index contributed by atoms with van der Waals surface area (Å²) in [6, 6.07) is 0.849. The fourth-order valence-electron chi connectivity index (χ4n) is 7.35. The van der Waals surface area contributed by atoms with Gasteiger partial charge >= 0.3 is 0 Å². The number of nitrogens with one attached hydrogen (secondary N) is 1. The van der Waals surface area contributed by atoms with Crippen LogP contribution in [0.4, 0.5) is 0 Å². The second-order valence-electron chi connectivity index (χ2n) is 11.3. The molecule has 0 atom stereocenters. The van der Waals surface area contributed by atoms with E-state index in [1.165, 1.54) is 142 Å². The van der Waals surface area contributed by atoms with Crippen LogP contribution < -0.4 is 5.32 Å². The van der Waals surface area contributed by atoms with Crippen molar-refractivity contribution < 1.29 is 0 Å². The topological polar surface area (TPSA) is 15.3 Å². The fraction of sp³-hybridized carbons (Fsp3) is 1.00. The summed E-state index contributed by atoms with van der Waals surface area (Å²) >= 11 is 0. The van der Waals surface area contributed by atoms with E-state index >= 15 is 0 Å². The maximum Gasteiger partial charge on any atom is 0.0124 e. The van der Waals surface area contributed by atoms with Gasteiger partial charge in [-0.25, -0.2) is 0 Å². The molecule has 0 aromatic carbocycles. The van der Waals surface area contributed by atoms with E-state index in [4.69, 9.17) is 0 Å². The molecule has 0 radical (unpaired) electrons. The fourth-order valence-corrected chi connectivity index (χ4v) is 7.35. The van der Waals surface area contributed by atoms with Crippen LogP contribution in [0.5, 0.6) is 0 Å². The van der Waals surface area contributed by atoms with Crippen molar-refractivity contribution in [2.75, 3.05) is 26.2 Å². The van der Waals surface area contributed by atoms with Crippen LogP contribution in [0.15, 0.2) is 0 Å². The molecule has 1 saturated heterocycles. The molecule has 4 fully saturated rings. The molecule has 2 nitrogen and oxygen atoms in total. The zero-order valence-corrected chi connectivity index (χ0v) is 19.4. The smallest absolute Gasteiger partial charge is 0.0124 e. The minimum atomic E-state index is 0.849. The highest BCUT2D eigenvalue weighted by molar-refractivity contribution is 4.87. The summed E-state index contributed by atoms with van der Waals surface area (Å²) in [5.41, 5.74) is 0. The SMILES string of the molecule is C1CCC(CN2CCC(CCNC(C3CCCCC3)C3CCCCC3)CC2)CC1. The molecular formula is C27H50N2. The first-order valence-corrected chi connectivity index (χ1v) is 13.8. The molecule has 1 N–H and O–H groups in total. The molecule has 0 aromatic rings. The van der Waals surface area contributed by atoms with Gasteiger partial charge in [0.25, 0.3) is 0 Å². The molecular weight excluding hydrogens is 352 g/mol. The van der Waals surface area contributed by atoms with Gasteiger partial charge in [-0.2, -0.15) is 0 Å². The largest absolute Gasteiger partial charge is 0.313 e. The number of nitrogens with zero attached hydrogens (tertiary/aromatic N) is 1. The Morgan fingerprint density at radius 3 is 1.66 bits per heavy atom. The Labute approximate surface area is 182 Å². The van der Waals surface area contributed by atoms with Crippen LogP contribution in [-0.2, 0) is 0 Å². The minimum absolute atomic E-state index is 0.849. The summed E-state index contributed by atoms with van der Waals surface area (Å²) in [6.07, 6.45) is 26.9. The summed E-state index contributed by atoms with van der Waals surface area (Å²) < 4.78 is 0. The summed E-state index contributed by atoms with van der Waals surface area (Å²) in [7, 11) is 0. The lowest BCUT2D eigenvalue weighted by molar-refractivity contribution is 0.136. The number of piperidine rings is 1. The molecule has 4 aliphatic rings. The van der Waals surface area contributed by atoms with Gasteiger partial charge in [-0.3, -0.25) is 0 Å². The molecule has 1 aliphatic heterocycles. The highest BCUT2D eigenvalue weighted by atomic mass is 15.1. The van der Waals surface area contributed by atoms with Crippen molar-refractivity contribution in [3.05, 3.63) is 0 Å². The van der Waals surface area contributed by atoms with Gasteiger partial charge in [-0.1, -0.05) is 57.8 Å². The van der Waals surface area contributed by atoms with E-state index in [1.54, 1.807) is 0 Å². The Hall–Kier alpha value is -0.0800. The molecule has 0 unspecified atom stereocenters. The predicted molar refractivity (Wildman–Crippen MR) is 125 cm³/mol. The van der Waals surface area contributed by atoms with Crippen molar-refractivity contribution in [2.24, 2.45) is 23.7 Å². The van der Waals surface area contributed by atoms with Crippen LogP contribution >= 0.6 is 0 Å². The van der Waals surface area contributed by atoms with Gasteiger partial charge in [-0.15, -0.1) is 0 Å². The van der Waals surface area contributed by atoms with E-state index in [1.807, 2.05) is 0 Å². The standard InChI is InChI=1S/C27H50N2/c1-4-10-24(11-5-1)22-29-20-17-23(18-21-29)16-19-28-27(25-12-6-2-7-13-25)26-14-8-3-9-15-26/h23-28H,1-22H2. The molecule has 3 aliphatic carbocycles. The Morgan fingerprint density at radius 2 is 1.10 bits per heavy atom. The third-order valence-corrected chi connectivity index (χ3v) is 9.20. The molecule has 2 heteroatoms. The first kappa shape index (κ1) is 22.1. The Morgan fingerprint density at radius 1 is 0.586 bits per heavy atom. The Balaban J connectivity index is 1.17. The second-order valence-corrected chi connectivity index (χ2v) is 11.3. The number of likely N-dealkylation sites (tertiary alicyclic amines) is 1. The molecule has 0 amide bonds. The van der Waals surface area contributed by atoms with Gasteiger partial charge in [0.2, 0.25) is 0 Å². The first-order valence-electron chi connectivity index (χ1n) is 13.8. The third kappa shape index (κ3) is 6.96. The van der Waals surface area contributed by atoms with Gasteiger partial charge in [0.1, 0.15) is 0 Å². The van der Waals surface area contributed by atoms with E-state index in [-0.39, 0.29) is 0 Å². The van der Waals surface area contributed by atoms with Gasteiger partial charge < -0.3 is 10.2 Å². The first-order chi connectivity index (χ1) is 14.4.